The Bertz CT molecular complexity index is 1090. The summed E-state index contributed by atoms with van der Waals surface area (Å²) in [7, 11) is 0. The fraction of sp³-hybridized carbons (Fsp3) is 0.182. The summed E-state index contributed by atoms with van der Waals surface area (Å²) in [5, 5.41) is 0. The molecule has 140 valence electrons. The normalized spacial score (nSPS) is 17.2. The number of ether oxygens (including phenoxy) is 2. The average molecular weight is 374 g/mol. The van der Waals surface area contributed by atoms with Gasteiger partial charge in [-0.15, -0.1) is 0 Å². The number of pyridine rings is 1. The highest BCUT2D eigenvalue weighted by Gasteiger charge is 2.33. The van der Waals surface area contributed by atoms with Crippen molar-refractivity contribution < 1.29 is 18.7 Å². The van der Waals surface area contributed by atoms with Crippen molar-refractivity contribution >= 4 is 11.9 Å². The van der Waals surface area contributed by atoms with Gasteiger partial charge in [-0.25, -0.2) is 0 Å². The Morgan fingerprint density at radius 3 is 2.89 bits per heavy atom. The molecule has 0 saturated carbocycles. The number of carbonyl (C=O) groups excluding carboxylic acids is 1. The maximum atomic E-state index is 12.8. The number of rotatable bonds is 3. The summed E-state index contributed by atoms with van der Waals surface area (Å²) < 4.78 is 17.4. The molecule has 0 fully saturated rings. The van der Waals surface area contributed by atoms with E-state index < -0.39 is 0 Å². The Balaban J connectivity index is 1.43. The first-order valence-electron chi connectivity index (χ1n) is 9.09. The first kappa shape index (κ1) is 16.8. The molecule has 2 aliphatic heterocycles. The van der Waals surface area contributed by atoms with E-state index in [1.54, 1.807) is 18.3 Å². The molecular weight excluding hydrogens is 356 g/mol. The highest BCUT2D eigenvalue weighted by atomic mass is 16.5. The summed E-state index contributed by atoms with van der Waals surface area (Å²) in [5.74, 6) is 2.82. The van der Waals surface area contributed by atoms with Gasteiger partial charge in [-0.05, 0) is 43.3 Å². The Hall–Kier alpha value is -3.38. The molecule has 6 heteroatoms. The second-order valence-electron chi connectivity index (χ2n) is 6.89. The molecular formula is C22H18N2O4. The number of furan rings is 1. The lowest BCUT2D eigenvalue weighted by molar-refractivity contribution is 0.0861. The van der Waals surface area contributed by atoms with Crippen LogP contribution >= 0.6 is 0 Å². The number of benzene rings is 1. The van der Waals surface area contributed by atoms with Gasteiger partial charge in [0.1, 0.15) is 29.8 Å². The number of aryl methyl sites for hydroxylation is 1. The van der Waals surface area contributed by atoms with E-state index in [1.165, 1.54) is 0 Å². The smallest absolute Gasteiger partial charge is 0.232 e. The lowest BCUT2D eigenvalue weighted by Gasteiger charge is -2.29. The lowest BCUT2D eigenvalue weighted by Crippen LogP contribution is -2.32. The van der Waals surface area contributed by atoms with Gasteiger partial charge in [0, 0.05) is 25.4 Å². The Morgan fingerprint density at radius 2 is 2.11 bits per heavy atom. The monoisotopic (exact) mass is 374 g/mol. The fourth-order valence-electron chi connectivity index (χ4n) is 3.49. The highest BCUT2D eigenvalue weighted by molar-refractivity contribution is 6.14. The molecule has 2 aromatic heterocycles. The fourth-order valence-corrected chi connectivity index (χ4v) is 3.49. The Kier molecular flexibility index (Phi) is 3.98. The number of nitrogens with zero attached hydrogens (tertiary/aromatic N) is 2. The zero-order valence-corrected chi connectivity index (χ0v) is 15.3. The van der Waals surface area contributed by atoms with E-state index in [0.717, 1.165) is 22.8 Å². The van der Waals surface area contributed by atoms with E-state index in [2.05, 4.69) is 9.88 Å². The molecule has 0 unspecified atom stereocenters. The maximum absolute atomic E-state index is 12.8. The van der Waals surface area contributed by atoms with Crippen LogP contribution in [0.25, 0.3) is 6.08 Å². The summed E-state index contributed by atoms with van der Waals surface area (Å²) in [6, 6.07) is 13.1. The molecule has 0 bridgehead atoms. The molecule has 0 aliphatic carbocycles. The first-order valence-corrected chi connectivity index (χ1v) is 9.09. The average Bonchev–Trinajstić information content (AvgIpc) is 3.26. The van der Waals surface area contributed by atoms with Gasteiger partial charge in [0.25, 0.3) is 0 Å². The predicted octanol–water partition coefficient (Wildman–Crippen LogP) is 3.95. The van der Waals surface area contributed by atoms with Crippen LogP contribution in [0.5, 0.6) is 11.5 Å². The molecule has 3 aromatic rings. The molecule has 0 spiro atoms. The molecule has 6 nitrogen and oxygen atoms in total. The Morgan fingerprint density at radius 1 is 1.18 bits per heavy atom. The van der Waals surface area contributed by atoms with E-state index in [9.17, 15) is 4.79 Å². The van der Waals surface area contributed by atoms with Crippen LogP contribution in [0.2, 0.25) is 0 Å². The van der Waals surface area contributed by atoms with Crippen LogP contribution in [0.3, 0.4) is 0 Å². The summed E-state index contributed by atoms with van der Waals surface area (Å²) in [4.78, 5) is 19.3. The molecule has 0 radical (unpaired) electrons. The van der Waals surface area contributed by atoms with Crippen LogP contribution in [0, 0.1) is 6.92 Å². The van der Waals surface area contributed by atoms with Crippen molar-refractivity contribution in [2.24, 2.45) is 0 Å². The minimum Gasteiger partial charge on any atom is -0.478 e. The van der Waals surface area contributed by atoms with Crippen LogP contribution in [-0.4, -0.2) is 22.4 Å². The molecule has 28 heavy (non-hydrogen) atoms. The molecule has 0 saturated heterocycles. The zero-order chi connectivity index (χ0) is 19.1. The van der Waals surface area contributed by atoms with Gasteiger partial charge in [-0.2, -0.15) is 0 Å². The second-order valence-corrected chi connectivity index (χ2v) is 6.89. The van der Waals surface area contributed by atoms with Crippen LogP contribution in [0.1, 0.15) is 33.1 Å². The van der Waals surface area contributed by atoms with Crippen molar-refractivity contribution in [3.63, 3.8) is 0 Å². The maximum Gasteiger partial charge on any atom is 0.232 e. The van der Waals surface area contributed by atoms with Crippen LogP contribution in [0.4, 0.5) is 0 Å². The number of Topliss-reactive ketones (excluding diaryl/α,β-unsaturated/α-hetero) is 1. The standard InChI is InChI=1S/C22H18N2O4/c1-14-5-6-16(27-14)10-20-21(25)17-7-8-19-18(22(17)28-20)12-24(13-26-19)11-15-4-2-3-9-23-15/h2-10H,11-13H2,1H3. The number of hydrogen-bond acceptors (Lipinski definition) is 6. The van der Waals surface area contributed by atoms with Crippen LogP contribution < -0.4 is 9.47 Å². The number of aromatic nitrogens is 1. The molecule has 0 N–H and O–H groups in total. The van der Waals surface area contributed by atoms with Crippen LogP contribution in [0.15, 0.2) is 58.8 Å². The van der Waals surface area contributed by atoms with Crippen molar-refractivity contribution in [3.8, 4) is 11.5 Å². The van der Waals surface area contributed by atoms with E-state index >= 15 is 0 Å². The summed E-state index contributed by atoms with van der Waals surface area (Å²) in [5.41, 5.74) is 2.40. The van der Waals surface area contributed by atoms with Crippen molar-refractivity contribution in [2.45, 2.75) is 20.0 Å². The third-order valence-electron chi connectivity index (χ3n) is 4.83. The highest BCUT2D eigenvalue weighted by Crippen LogP contribution is 2.42. The van der Waals surface area contributed by atoms with E-state index in [1.807, 2.05) is 43.3 Å². The van der Waals surface area contributed by atoms with Gasteiger partial charge < -0.3 is 13.9 Å². The Labute approximate surface area is 162 Å². The van der Waals surface area contributed by atoms with E-state index in [0.29, 0.717) is 36.9 Å². The lowest BCUT2D eigenvalue weighted by atomic mass is 10.0. The van der Waals surface area contributed by atoms with Crippen molar-refractivity contribution in [1.82, 2.24) is 9.88 Å². The van der Waals surface area contributed by atoms with Crippen molar-refractivity contribution in [3.05, 3.63) is 82.8 Å². The summed E-state index contributed by atoms with van der Waals surface area (Å²) in [6.45, 7) is 3.60. The van der Waals surface area contributed by atoms with E-state index in [-0.39, 0.29) is 11.5 Å². The predicted molar refractivity (Wildman–Crippen MR) is 102 cm³/mol. The minimum absolute atomic E-state index is 0.145. The molecule has 5 rings (SSSR count). The molecule has 2 aliphatic rings. The molecule has 1 aromatic carbocycles. The SMILES string of the molecule is Cc1ccc(C=C2Oc3c(ccc4c3CN(Cc3ccccn3)CO4)C2=O)o1. The minimum atomic E-state index is -0.145. The van der Waals surface area contributed by atoms with Crippen LogP contribution in [-0.2, 0) is 13.1 Å². The van der Waals surface area contributed by atoms with Gasteiger partial charge in [-0.1, -0.05) is 6.07 Å². The quantitative estimate of drug-likeness (QED) is 0.647. The number of carbonyl (C=O) groups is 1. The first-order chi connectivity index (χ1) is 13.7. The largest absolute Gasteiger partial charge is 0.478 e. The van der Waals surface area contributed by atoms with Gasteiger partial charge >= 0.3 is 0 Å². The third-order valence-corrected chi connectivity index (χ3v) is 4.83. The number of ketones is 1. The summed E-state index contributed by atoms with van der Waals surface area (Å²) >= 11 is 0. The van der Waals surface area contributed by atoms with Gasteiger partial charge in [0.15, 0.2) is 5.76 Å². The molecule has 0 atom stereocenters. The zero-order valence-electron chi connectivity index (χ0n) is 15.3. The van der Waals surface area contributed by atoms with Gasteiger partial charge in [-0.3, -0.25) is 14.7 Å². The van der Waals surface area contributed by atoms with Gasteiger partial charge in [0.2, 0.25) is 5.78 Å². The molecule has 0 amide bonds. The van der Waals surface area contributed by atoms with Crippen molar-refractivity contribution in [2.75, 3.05) is 6.73 Å². The number of allylic oxidation sites excluding steroid dienone is 1. The van der Waals surface area contributed by atoms with Crippen molar-refractivity contribution in [1.29, 1.82) is 0 Å². The molecule has 4 heterocycles. The number of hydrogen-bond donors (Lipinski definition) is 0. The summed E-state index contributed by atoms with van der Waals surface area (Å²) in [6.07, 6.45) is 3.41. The van der Waals surface area contributed by atoms with Gasteiger partial charge in [0.05, 0.1) is 16.8 Å². The number of fused-ring (bicyclic) bond motifs is 3. The third kappa shape index (κ3) is 2.97. The van der Waals surface area contributed by atoms with E-state index in [4.69, 9.17) is 13.9 Å². The topological polar surface area (TPSA) is 64.8 Å². The second kappa shape index (κ2) is 6.65.